The third-order valence-electron chi connectivity index (χ3n) is 3.45. The van der Waals surface area contributed by atoms with Crippen molar-refractivity contribution in [1.29, 1.82) is 0 Å². The quantitative estimate of drug-likeness (QED) is 0.744. The molecule has 0 aliphatic heterocycles. The summed E-state index contributed by atoms with van der Waals surface area (Å²) in [5.74, 6) is 0.526. The molecule has 0 aliphatic rings. The van der Waals surface area contributed by atoms with Crippen LogP contribution in [0.2, 0.25) is 10.6 Å². The van der Waals surface area contributed by atoms with E-state index in [2.05, 4.69) is 44.5 Å². The Morgan fingerprint density at radius 3 is 1.70 bits per heavy atom. The molecule has 6 heteroatoms. The zero-order chi connectivity index (χ0) is 16.1. The van der Waals surface area contributed by atoms with Crippen LogP contribution in [0.25, 0.3) is 0 Å². The van der Waals surface area contributed by atoms with Crippen molar-refractivity contribution in [3.8, 4) is 0 Å². The number of rotatable bonds is 5. The Balaban J connectivity index is 1.85. The number of nitrogens with one attached hydrogen (secondary N) is 1. The van der Waals surface area contributed by atoms with Gasteiger partial charge in [-0.3, -0.25) is 0 Å². The molecular formula is C17H14Cl2N4. The van der Waals surface area contributed by atoms with Crippen LogP contribution in [-0.4, -0.2) is 21.5 Å². The zero-order valence-corrected chi connectivity index (χ0v) is 13.7. The van der Waals surface area contributed by atoms with Crippen LogP contribution in [0.4, 0.5) is 5.95 Å². The fourth-order valence-corrected chi connectivity index (χ4v) is 2.76. The lowest BCUT2D eigenvalue weighted by molar-refractivity contribution is 0.839. The minimum Gasteiger partial charge on any atom is -0.353 e. The number of benzene rings is 2. The van der Waals surface area contributed by atoms with E-state index in [1.165, 1.54) is 11.1 Å². The molecule has 0 fully saturated rings. The molecule has 0 amide bonds. The van der Waals surface area contributed by atoms with Gasteiger partial charge in [-0.25, -0.2) is 0 Å². The largest absolute Gasteiger partial charge is 0.353 e. The van der Waals surface area contributed by atoms with Crippen molar-refractivity contribution in [2.45, 2.75) is 5.92 Å². The van der Waals surface area contributed by atoms with Crippen LogP contribution in [0.5, 0.6) is 0 Å². The maximum absolute atomic E-state index is 5.81. The fraction of sp³-hybridized carbons (Fsp3) is 0.118. The van der Waals surface area contributed by atoms with Crippen molar-refractivity contribution in [2.75, 3.05) is 11.9 Å². The van der Waals surface area contributed by atoms with Crippen molar-refractivity contribution < 1.29 is 0 Å². The Kier molecular flexibility index (Phi) is 5.05. The van der Waals surface area contributed by atoms with Gasteiger partial charge in [0.2, 0.25) is 16.5 Å². The summed E-state index contributed by atoms with van der Waals surface area (Å²) in [6.45, 7) is 0.616. The molecule has 2 aromatic carbocycles. The van der Waals surface area contributed by atoms with E-state index < -0.39 is 0 Å². The molecule has 0 bridgehead atoms. The summed E-state index contributed by atoms with van der Waals surface area (Å²) in [7, 11) is 0. The molecule has 0 atom stereocenters. The Morgan fingerprint density at radius 2 is 1.22 bits per heavy atom. The fourth-order valence-electron chi connectivity index (χ4n) is 2.40. The number of halogens is 2. The second-order valence-corrected chi connectivity index (χ2v) is 5.63. The van der Waals surface area contributed by atoms with Gasteiger partial charge < -0.3 is 5.32 Å². The minimum atomic E-state index is 0.0727. The first kappa shape index (κ1) is 15.7. The summed E-state index contributed by atoms with van der Waals surface area (Å²) in [5.41, 5.74) is 2.41. The van der Waals surface area contributed by atoms with Crippen LogP contribution in [0, 0.1) is 0 Å². The smallest absolute Gasteiger partial charge is 0.228 e. The normalized spacial score (nSPS) is 10.7. The van der Waals surface area contributed by atoms with Gasteiger partial charge in [-0.2, -0.15) is 15.0 Å². The van der Waals surface area contributed by atoms with E-state index in [0.29, 0.717) is 12.5 Å². The average molecular weight is 345 g/mol. The minimum absolute atomic E-state index is 0.0727. The van der Waals surface area contributed by atoms with E-state index in [1.807, 2.05) is 36.4 Å². The molecular weight excluding hydrogens is 331 g/mol. The van der Waals surface area contributed by atoms with Crippen molar-refractivity contribution in [2.24, 2.45) is 0 Å². The Morgan fingerprint density at radius 1 is 0.739 bits per heavy atom. The number of aromatic nitrogens is 3. The molecule has 23 heavy (non-hydrogen) atoms. The summed E-state index contributed by atoms with van der Waals surface area (Å²) < 4.78 is 0. The van der Waals surface area contributed by atoms with Crippen molar-refractivity contribution in [1.82, 2.24) is 15.0 Å². The molecule has 0 aliphatic carbocycles. The van der Waals surface area contributed by atoms with Gasteiger partial charge in [0.05, 0.1) is 0 Å². The van der Waals surface area contributed by atoms with Gasteiger partial charge in [-0.1, -0.05) is 60.7 Å². The van der Waals surface area contributed by atoms with Crippen LogP contribution >= 0.6 is 23.2 Å². The van der Waals surface area contributed by atoms with E-state index in [0.717, 1.165) is 0 Å². The van der Waals surface area contributed by atoms with E-state index in [4.69, 9.17) is 23.2 Å². The van der Waals surface area contributed by atoms with Gasteiger partial charge >= 0.3 is 0 Å². The SMILES string of the molecule is Clc1nc(Cl)nc(NCC(c2ccccc2)c2ccccc2)n1. The number of anilines is 1. The molecule has 0 saturated heterocycles. The molecule has 0 radical (unpaired) electrons. The number of nitrogens with zero attached hydrogens (tertiary/aromatic N) is 3. The van der Waals surface area contributed by atoms with Crippen molar-refractivity contribution >= 4 is 29.2 Å². The predicted molar refractivity (Wildman–Crippen MR) is 93.1 cm³/mol. The van der Waals surface area contributed by atoms with Crippen LogP contribution in [0.15, 0.2) is 60.7 Å². The third kappa shape index (κ3) is 4.18. The van der Waals surface area contributed by atoms with Gasteiger partial charge in [0.1, 0.15) is 0 Å². The topological polar surface area (TPSA) is 50.7 Å². The van der Waals surface area contributed by atoms with E-state index >= 15 is 0 Å². The summed E-state index contributed by atoms with van der Waals surface area (Å²) in [5, 5.41) is 3.34. The van der Waals surface area contributed by atoms with E-state index in [9.17, 15) is 0 Å². The van der Waals surface area contributed by atoms with Crippen LogP contribution in [0.3, 0.4) is 0 Å². The summed E-state index contributed by atoms with van der Waals surface area (Å²) >= 11 is 11.6. The standard InChI is InChI=1S/C17H14Cl2N4/c18-15-21-16(19)23-17(22-15)20-11-14(12-7-3-1-4-8-12)13-9-5-2-6-10-13/h1-10,14H,11H2,(H,20,21,22,23). The monoisotopic (exact) mass is 344 g/mol. The van der Waals surface area contributed by atoms with Crippen molar-refractivity contribution in [3.05, 3.63) is 82.4 Å². The molecule has 0 saturated carbocycles. The lowest BCUT2D eigenvalue weighted by Crippen LogP contribution is -2.16. The molecule has 1 N–H and O–H groups in total. The Bertz CT molecular complexity index is 706. The Labute approximate surface area is 144 Å². The van der Waals surface area contributed by atoms with Crippen LogP contribution in [-0.2, 0) is 0 Å². The molecule has 4 nitrogen and oxygen atoms in total. The highest BCUT2D eigenvalue weighted by Crippen LogP contribution is 2.24. The second-order valence-electron chi connectivity index (χ2n) is 4.95. The first-order valence-electron chi connectivity index (χ1n) is 7.13. The lowest BCUT2D eigenvalue weighted by Gasteiger charge is -2.18. The maximum Gasteiger partial charge on any atom is 0.228 e. The average Bonchev–Trinajstić information content (AvgIpc) is 2.56. The lowest BCUT2D eigenvalue weighted by atomic mass is 9.91. The molecule has 3 rings (SSSR count). The van der Waals surface area contributed by atoms with Crippen LogP contribution in [0.1, 0.15) is 17.0 Å². The highest BCUT2D eigenvalue weighted by atomic mass is 35.5. The van der Waals surface area contributed by atoms with Crippen LogP contribution < -0.4 is 5.32 Å². The van der Waals surface area contributed by atoms with Gasteiger partial charge in [0, 0.05) is 12.5 Å². The third-order valence-corrected chi connectivity index (χ3v) is 3.79. The first-order chi connectivity index (χ1) is 11.2. The molecule has 1 aromatic heterocycles. The summed E-state index contributed by atoms with van der Waals surface area (Å²) in [4.78, 5) is 11.8. The predicted octanol–water partition coefficient (Wildman–Crippen LogP) is 4.42. The van der Waals surface area contributed by atoms with E-state index in [-0.39, 0.29) is 16.5 Å². The highest BCUT2D eigenvalue weighted by molar-refractivity contribution is 6.31. The Hall–Kier alpha value is -2.17. The number of hydrogen-bond donors (Lipinski definition) is 1. The molecule has 0 unspecified atom stereocenters. The second kappa shape index (κ2) is 7.40. The first-order valence-corrected chi connectivity index (χ1v) is 7.89. The molecule has 1 heterocycles. The maximum atomic E-state index is 5.81. The number of hydrogen-bond acceptors (Lipinski definition) is 4. The molecule has 116 valence electrons. The van der Waals surface area contributed by atoms with Crippen molar-refractivity contribution in [3.63, 3.8) is 0 Å². The van der Waals surface area contributed by atoms with Gasteiger partial charge in [0.25, 0.3) is 0 Å². The van der Waals surface area contributed by atoms with E-state index in [1.54, 1.807) is 0 Å². The molecule has 0 spiro atoms. The summed E-state index contributed by atoms with van der Waals surface area (Å²) in [6, 6.07) is 20.5. The molecule has 3 aromatic rings. The van der Waals surface area contributed by atoms with Gasteiger partial charge in [0.15, 0.2) is 0 Å². The van der Waals surface area contributed by atoms with Gasteiger partial charge in [-0.05, 0) is 34.3 Å². The zero-order valence-electron chi connectivity index (χ0n) is 12.2. The van der Waals surface area contributed by atoms with Gasteiger partial charge in [-0.15, -0.1) is 0 Å². The highest BCUT2D eigenvalue weighted by Gasteiger charge is 2.14. The summed E-state index contributed by atoms with van der Waals surface area (Å²) in [6.07, 6.45) is 0.